The molecule has 0 aliphatic carbocycles. The van der Waals surface area contributed by atoms with Gasteiger partial charge in [-0.3, -0.25) is 0 Å². The van der Waals surface area contributed by atoms with Crippen LogP contribution in [-0.4, -0.2) is 5.75 Å². The number of rotatable bonds is 3. The molecular formula is C18H18S. The summed E-state index contributed by atoms with van der Waals surface area (Å²) < 4.78 is 0. The molecule has 0 aliphatic heterocycles. The highest BCUT2D eigenvalue weighted by molar-refractivity contribution is 7.80. The van der Waals surface area contributed by atoms with E-state index in [1.165, 1.54) is 32.7 Å². The second-order valence-electron chi connectivity index (χ2n) is 4.88. The molecule has 19 heavy (non-hydrogen) atoms. The second kappa shape index (κ2) is 5.26. The maximum Gasteiger partial charge on any atom is -0.00569 e. The van der Waals surface area contributed by atoms with Crippen molar-refractivity contribution in [2.75, 3.05) is 5.75 Å². The Kier molecular flexibility index (Phi) is 3.48. The van der Waals surface area contributed by atoms with Crippen LogP contribution in [0.2, 0.25) is 0 Å². The van der Waals surface area contributed by atoms with Gasteiger partial charge in [0.15, 0.2) is 0 Å². The van der Waals surface area contributed by atoms with Crippen molar-refractivity contribution in [3.63, 3.8) is 0 Å². The van der Waals surface area contributed by atoms with E-state index >= 15 is 0 Å². The van der Waals surface area contributed by atoms with Gasteiger partial charge in [0, 0.05) is 0 Å². The molecule has 3 rings (SSSR count). The summed E-state index contributed by atoms with van der Waals surface area (Å²) >= 11 is 4.43. The van der Waals surface area contributed by atoms with Crippen LogP contribution in [0.3, 0.4) is 0 Å². The van der Waals surface area contributed by atoms with Gasteiger partial charge in [0.2, 0.25) is 0 Å². The van der Waals surface area contributed by atoms with E-state index in [4.69, 9.17) is 0 Å². The van der Waals surface area contributed by atoms with Crippen LogP contribution in [-0.2, 0) is 12.8 Å². The van der Waals surface area contributed by atoms with Gasteiger partial charge < -0.3 is 0 Å². The van der Waals surface area contributed by atoms with E-state index in [0.717, 1.165) is 18.6 Å². The predicted molar refractivity (Wildman–Crippen MR) is 88.4 cm³/mol. The third kappa shape index (κ3) is 2.02. The van der Waals surface area contributed by atoms with Crippen molar-refractivity contribution in [3.8, 4) is 0 Å². The minimum Gasteiger partial charge on any atom is -0.179 e. The van der Waals surface area contributed by atoms with E-state index < -0.39 is 0 Å². The molecule has 0 spiro atoms. The van der Waals surface area contributed by atoms with Crippen LogP contribution in [0.15, 0.2) is 48.5 Å². The van der Waals surface area contributed by atoms with Crippen molar-refractivity contribution in [3.05, 3.63) is 59.7 Å². The van der Waals surface area contributed by atoms with Gasteiger partial charge in [0.05, 0.1) is 0 Å². The molecule has 0 radical (unpaired) electrons. The Morgan fingerprint density at radius 3 is 1.53 bits per heavy atom. The van der Waals surface area contributed by atoms with Crippen LogP contribution in [0.4, 0.5) is 0 Å². The van der Waals surface area contributed by atoms with E-state index in [-0.39, 0.29) is 0 Å². The van der Waals surface area contributed by atoms with E-state index in [1.807, 2.05) is 0 Å². The highest BCUT2D eigenvalue weighted by Crippen LogP contribution is 2.33. The Morgan fingerprint density at radius 2 is 1.16 bits per heavy atom. The lowest BCUT2D eigenvalue weighted by atomic mass is 9.90. The standard InChI is InChI=1S/C18H18S/c1-2-13-14-7-3-5-9-16(14)18(11-12-19)17-10-6-4-8-15(13)17/h3-10,19H,2,11-12H2,1H3. The smallest absolute Gasteiger partial charge is 0.00569 e. The van der Waals surface area contributed by atoms with Crippen molar-refractivity contribution in [1.82, 2.24) is 0 Å². The summed E-state index contributed by atoms with van der Waals surface area (Å²) in [6, 6.07) is 17.6. The molecule has 0 heterocycles. The van der Waals surface area contributed by atoms with Gasteiger partial charge in [0.25, 0.3) is 0 Å². The quantitative estimate of drug-likeness (QED) is 0.499. The molecule has 0 nitrogen and oxygen atoms in total. The van der Waals surface area contributed by atoms with Gasteiger partial charge in [-0.05, 0) is 51.3 Å². The van der Waals surface area contributed by atoms with E-state index in [1.54, 1.807) is 0 Å². The van der Waals surface area contributed by atoms with Crippen molar-refractivity contribution in [2.45, 2.75) is 19.8 Å². The van der Waals surface area contributed by atoms with Gasteiger partial charge in [-0.25, -0.2) is 0 Å². The first-order valence-corrected chi connectivity index (χ1v) is 7.52. The number of aryl methyl sites for hydroxylation is 2. The summed E-state index contributed by atoms with van der Waals surface area (Å²) in [7, 11) is 0. The van der Waals surface area contributed by atoms with Gasteiger partial charge in [-0.15, -0.1) is 0 Å². The van der Waals surface area contributed by atoms with Gasteiger partial charge >= 0.3 is 0 Å². The van der Waals surface area contributed by atoms with Crippen molar-refractivity contribution >= 4 is 34.2 Å². The Bertz CT molecular complexity index is 671. The molecule has 0 N–H and O–H groups in total. The fraction of sp³-hybridized carbons (Fsp3) is 0.222. The van der Waals surface area contributed by atoms with Crippen LogP contribution in [0, 0.1) is 0 Å². The molecule has 0 bridgehead atoms. The summed E-state index contributed by atoms with van der Waals surface area (Å²) in [5, 5.41) is 5.60. The molecule has 0 atom stereocenters. The molecule has 0 aliphatic rings. The fourth-order valence-electron chi connectivity index (χ4n) is 3.07. The lowest BCUT2D eigenvalue weighted by molar-refractivity contribution is 1.16. The predicted octanol–water partition coefficient (Wildman–Crippen LogP) is 5.03. The third-order valence-electron chi connectivity index (χ3n) is 3.87. The van der Waals surface area contributed by atoms with Gasteiger partial charge in [-0.1, -0.05) is 55.5 Å². The fourth-order valence-corrected chi connectivity index (χ4v) is 3.29. The first kappa shape index (κ1) is 12.6. The first-order valence-electron chi connectivity index (χ1n) is 6.89. The SMILES string of the molecule is CCc1c2ccccc2c(CCS)c2ccccc12. The van der Waals surface area contributed by atoms with E-state index in [2.05, 4.69) is 68.1 Å². The average molecular weight is 266 g/mol. The van der Waals surface area contributed by atoms with Gasteiger partial charge in [0.1, 0.15) is 0 Å². The minimum atomic E-state index is 0.888. The maximum atomic E-state index is 4.43. The lowest BCUT2D eigenvalue weighted by Crippen LogP contribution is -1.95. The lowest BCUT2D eigenvalue weighted by Gasteiger charge is -2.15. The first-order chi connectivity index (χ1) is 9.36. The molecule has 0 saturated heterocycles. The maximum absolute atomic E-state index is 4.43. The molecule has 0 amide bonds. The van der Waals surface area contributed by atoms with Crippen LogP contribution < -0.4 is 0 Å². The Morgan fingerprint density at radius 1 is 0.737 bits per heavy atom. The largest absolute Gasteiger partial charge is 0.179 e. The molecule has 1 heteroatoms. The van der Waals surface area contributed by atoms with Crippen LogP contribution in [0.5, 0.6) is 0 Å². The van der Waals surface area contributed by atoms with Crippen LogP contribution in [0.1, 0.15) is 18.1 Å². The molecule has 0 fully saturated rings. The van der Waals surface area contributed by atoms with Crippen LogP contribution >= 0.6 is 12.6 Å². The number of benzene rings is 3. The third-order valence-corrected chi connectivity index (χ3v) is 4.09. The highest BCUT2D eigenvalue weighted by atomic mass is 32.1. The van der Waals surface area contributed by atoms with Crippen molar-refractivity contribution in [1.29, 1.82) is 0 Å². The summed E-state index contributed by atoms with van der Waals surface area (Å²) in [6.45, 7) is 2.24. The Hall–Kier alpha value is -1.47. The van der Waals surface area contributed by atoms with Crippen molar-refractivity contribution < 1.29 is 0 Å². The zero-order valence-electron chi connectivity index (χ0n) is 11.2. The van der Waals surface area contributed by atoms with E-state index in [0.29, 0.717) is 0 Å². The summed E-state index contributed by atoms with van der Waals surface area (Å²) in [5.41, 5.74) is 2.91. The summed E-state index contributed by atoms with van der Waals surface area (Å²) in [4.78, 5) is 0. The molecule has 96 valence electrons. The topological polar surface area (TPSA) is 0 Å². The highest BCUT2D eigenvalue weighted by Gasteiger charge is 2.11. The normalized spacial score (nSPS) is 11.3. The molecule has 0 unspecified atom stereocenters. The summed E-state index contributed by atoms with van der Waals surface area (Å²) in [5.74, 6) is 0.888. The van der Waals surface area contributed by atoms with Crippen molar-refractivity contribution in [2.24, 2.45) is 0 Å². The second-order valence-corrected chi connectivity index (χ2v) is 5.32. The number of fused-ring (bicyclic) bond motifs is 2. The average Bonchev–Trinajstić information content (AvgIpc) is 2.47. The number of hydrogen-bond acceptors (Lipinski definition) is 1. The number of thiol groups is 1. The monoisotopic (exact) mass is 266 g/mol. The number of hydrogen-bond donors (Lipinski definition) is 1. The zero-order chi connectivity index (χ0) is 13.2. The molecule has 3 aromatic carbocycles. The summed E-state index contributed by atoms with van der Waals surface area (Å²) in [6.07, 6.45) is 2.09. The van der Waals surface area contributed by atoms with Crippen LogP contribution in [0.25, 0.3) is 21.5 Å². The van der Waals surface area contributed by atoms with E-state index in [9.17, 15) is 0 Å². The molecule has 0 saturated carbocycles. The Balaban J connectivity index is 2.53. The minimum absolute atomic E-state index is 0.888. The zero-order valence-corrected chi connectivity index (χ0v) is 12.1. The molecule has 3 aromatic rings. The van der Waals surface area contributed by atoms with Gasteiger partial charge in [-0.2, -0.15) is 12.6 Å². The Labute approximate surface area is 119 Å². The molecule has 0 aromatic heterocycles. The molecular weight excluding hydrogens is 248 g/mol.